The number of anilines is 1. The topological polar surface area (TPSA) is 74.7 Å². The molecule has 18 heavy (non-hydrogen) atoms. The van der Waals surface area contributed by atoms with Crippen LogP contribution in [-0.4, -0.2) is 22.9 Å². The molecule has 2 rings (SSSR count). The maximum Gasteiger partial charge on any atom is 0.310 e. The van der Waals surface area contributed by atoms with Gasteiger partial charge in [0.2, 0.25) is 0 Å². The lowest BCUT2D eigenvalue weighted by Crippen LogP contribution is -2.29. The van der Waals surface area contributed by atoms with Crippen molar-refractivity contribution >= 4 is 23.5 Å². The van der Waals surface area contributed by atoms with Gasteiger partial charge in [0.25, 0.3) is 11.8 Å². The number of benzene rings is 1. The predicted octanol–water partition coefficient (Wildman–Crippen LogP) is 1.30. The third-order valence-corrected chi connectivity index (χ3v) is 2.83. The summed E-state index contributed by atoms with van der Waals surface area (Å²) in [5.74, 6) is -2.32. The number of imide groups is 1. The lowest BCUT2D eigenvalue weighted by molar-refractivity contribution is -0.138. The molecule has 1 aromatic rings. The average Bonchev–Trinajstić information content (AvgIpc) is 2.68. The van der Waals surface area contributed by atoms with Gasteiger partial charge in [-0.2, -0.15) is 0 Å². The maximum atomic E-state index is 11.4. The van der Waals surface area contributed by atoms with Crippen molar-refractivity contribution in [3.63, 3.8) is 0 Å². The number of hydrogen-bond acceptors (Lipinski definition) is 3. The molecular formula is C13H11NO4. The average molecular weight is 245 g/mol. The van der Waals surface area contributed by atoms with E-state index < -0.39 is 11.9 Å². The molecule has 1 aliphatic rings. The Hall–Kier alpha value is -2.43. The third kappa shape index (κ3) is 2.02. The van der Waals surface area contributed by atoms with Gasteiger partial charge in [-0.3, -0.25) is 14.4 Å². The highest BCUT2D eigenvalue weighted by atomic mass is 16.4. The molecular weight excluding hydrogens is 234 g/mol. The third-order valence-electron chi connectivity index (χ3n) is 2.83. The molecule has 0 spiro atoms. The van der Waals surface area contributed by atoms with E-state index in [-0.39, 0.29) is 11.8 Å². The van der Waals surface area contributed by atoms with Crippen molar-refractivity contribution in [1.29, 1.82) is 0 Å². The first-order valence-corrected chi connectivity index (χ1v) is 5.39. The van der Waals surface area contributed by atoms with Crippen LogP contribution in [0.15, 0.2) is 36.4 Å². The summed E-state index contributed by atoms with van der Waals surface area (Å²) >= 11 is 0. The van der Waals surface area contributed by atoms with Crippen LogP contribution in [-0.2, 0) is 14.4 Å². The molecule has 1 unspecified atom stereocenters. The fraction of sp³-hybridized carbons (Fsp3) is 0.154. The second-order valence-corrected chi connectivity index (χ2v) is 4.00. The van der Waals surface area contributed by atoms with Crippen molar-refractivity contribution in [2.24, 2.45) is 0 Å². The molecule has 0 saturated heterocycles. The molecule has 0 aliphatic carbocycles. The Balaban J connectivity index is 2.26. The van der Waals surface area contributed by atoms with E-state index in [1.165, 1.54) is 12.2 Å². The Morgan fingerprint density at radius 1 is 1.11 bits per heavy atom. The fourth-order valence-electron chi connectivity index (χ4n) is 1.71. The van der Waals surface area contributed by atoms with Crippen LogP contribution in [0.3, 0.4) is 0 Å². The number of nitrogens with zero attached hydrogens (tertiary/aromatic N) is 1. The zero-order valence-electron chi connectivity index (χ0n) is 9.66. The van der Waals surface area contributed by atoms with E-state index >= 15 is 0 Å². The van der Waals surface area contributed by atoms with E-state index in [9.17, 15) is 14.4 Å². The quantitative estimate of drug-likeness (QED) is 0.814. The molecule has 2 amide bonds. The Morgan fingerprint density at radius 3 is 2.06 bits per heavy atom. The normalized spacial score (nSPS) is 16.2. The lowest BCUT2D eigenvalue weighted by Gasteiger charge is -2.15. The van der Waals surface area contributed by atoms with E-state index in [1.807, 2.05) is 0 Å². The van der Waals surface area contributed by atoms with Gasteiger partial charge in [0.05, 0.1) is 11.6 Å². The van der Waals surface area contributed by atoms with Crippen LogP contribution in [0.1, 0.15) is 18.4 Å². The van der Waals surface area contributed by atoms with Crippen LogP contribution in [0.5, 0.6) is 0 Å². The minimum Gasteiger partial charge on any atom is -0.481 e. The Bertz CT molecular complexity index is 527. The lowest BCUT2D eigenvalue weighted by atomic mass is 10.0. The monoisotopic (exact) mass is 245 g/mol. The van der Waals surface area contributed by atoms with Crippen LogP contribution >= 0.6 is 0 Å². The Labute approximate surface area is 103 Å². The van der Waals surface area contributed by atoms with Gasteiger partial charge in [-0.1, -0.05) is 12.1 Å². The van der Waals surface area contributed by atoms with E-state index in [0.717, 1.165) is 4.90 Å². The highest BCUT2D eigenvalue weighted by Gasteiger charge is 2.25. The highest BCUT2D eigenvalue weighted by Crippen LogP contribution is 2.22. The van der Waals surface area contributed by atoms with Crippen molar-refractivity contribution in [3.05, 3.63) is 42.0 Å². The minimum atomic E-state index is -0.919. The van der Waals surface area contributed by atoms with Gasteiger partial charge >= 0.3 is 5.97 Å². The molecule has 1 aromatic carbocycles. The molecule has 1 atom stereocenters. The van der Waals surface area contributed by atoms with Crippen LogP contribution in [0.25, 0.3) is 0 Å². The van der Waals surface area contributed by atoms with Gasteiger partial charge in [-0.25, -0.2) is 4.90 Å². The first kappa shape index (κ1) is 12.0. The van der Waals surface area contributed by atoms with E-state index in [1.54, 1.807) is 31.2 Å². The van der Waals surface area contributed by atoms with Gasteiger partial charge < -0.3 is 5.11 Å². The number of carbonyl (C=O) groups is 3. The molecule has 0 radical (unpaired) electrons. The Morgan fingerprint density at radius 2 is 1.61 bits per heavy atom. The number of carboxylic acids is 1. The van der Waals surface area contributed by atoms with Crippen LogP contribution in [0, 0.1) is 0 Å². The van der Waals surface area contributed by atoms with Gasteiger partial charge in [0.15, 0.2) is 0 Å². The standard InChI is InChI=1S/C13H11NO4/c1-8(13(17)18)9-2-4-10(5-3-9)14-11(15)6-7-12(14)16/h2-8H,1H3,(H,17,18). The summed E-state index contributed by atoms with van der Waals surface area (Å²) in [6.45, 7) is 1.57. The Kier molecular flexibility index (Phi) is 2.97. The number of aliphatic carboxylic acids is 1. The summed E-state index contributed by atoms with van der Waals surface area (Å²) in [5, 5.41) is 8.87. The van der Waals surface area contributed by atoms with Gasteiger partial charge in [-0.15, -0.1) is 0 Å². The summed E-state index contributed by atoms with van der Waals surface area (Å²) in [4.78, 5) is 34.7. The smallest absolute Gasteiger partial charge is 0.310 e. The number of hydrogen-bond donors (Lipinski definition) is 1. The number of amides is 2. The van der Waals surface area contributed by atoms with E-state index in [0.29, 0.717) is 11.3 Å². The van der Waals surface area contributed by atoms with E-state index in [2.05, 4.69) is 0 Å². The van der Waals surface area contributed by atoms with Gasteiger partial charge in [0, 0.05) is 12.2 Å². The SMILES string of the molecule is CC(C(=O)O)c1ccc(N2C(=O)C=CC2=O)cc1. The summed E-state index contributed by atoms with van der Waals surface area (Å²) in [5.41, 5.74) is 1.06. The molecule has 1 heterocycles. The van der Waals surface area contributed by atoms with Crippen LogP contribution in [0.4, 0.5) is 5.69 Å². The molecule has 0 aromatic heterocycles. The van der Waals surface area contributed by atoms with Gasteiger partial charge in [-0.05, 0) is 24.6 Å². The minimum absolute atomic E-state index is 0.390. The number of carbonyl (C=O) groups excluding carboxylic acids is 2. The molecule has 5 nitrogen and oxygen atoms in total. The summed E-state index contributed by atoms with van der Waals surface area (Å²) in [6.07, 6.45) is 2.41. The van der Waals surface area contributed by atoms with E-state index in [4.69, 9.17) is 5.11 Å². The van der Waals surface area contributed by atoms with Crippen molar-refractivity contribution < 1.29 is 19.5 Å². The number of rotatable bonds is 3. The molecule has 0 bridgehead atoms. The molecule has 1 N–H and O–H groups in total. The predicted molar refractivity (Wildman–Crippen MR) is 64.1 cm³/mol. The van der Waals surface area contributed by atoms with Crippen LogP contribution < -0.4 is 4.90 Å². The highest BCUT2D eigenvalue weighted by molar-refractivity contribution is 6.28. The fourth-order valence-corrected chi connectivity index (χ4v) is 1.71. The molecule has 92 valence electrons. The van der Waals surface area contributed by atoms with Crippen molar-refractivity contribution in [2.45, 2.75) is 12.8 Å². The molecule has 0 fully saturated rings. The van der Waals surface area contributed by atoms with Crippen molar-refractivity contribution in [2.75, 3.05) is 4.90 Å². The number of carboxylic acid groups (broad SMARTS) is 1. The second kappa shape index (κ2) is 4.44. The molecule has 0 saturated carbocycles. The first-order valence-electron chi connectivity index (χ1n) is 5.39. The first-order chi connectivity index (χ1) is 8.50. The van der Waals surface area contributed by atoms with Crippen molar-refractivity contribution in [3.8, 4) is 0 Å². The summed E-state index contributed by atoms with van der Waals surface area (Å²) in [6, 6.07) is 6.34. The van der Waals surface area contributed by atoms with Crippen LogP contribution in [0.2, 0.25) is 0 Å². The zero-order chi connectivity index (χ0) is 13.3. The van der Waals surface area contributed by atoms with Crippen molar-refractivity contribution in [1.82, 2.24) is 0 Å². The second-order valence-electron chi connectivity index (χ2n) is 4.00. The largest absolute Gasteiger partial charge is 0.481 e. The van der Waals surface area contributed by atoms with Gasteiger partial charge in [0.1, 0.15) is 0 Å². The maximum absolute atomic E-state index is 11.4. The zero-order valence-corrected chi connectivity index (χ0v) is 9.66. The molecule has 5 heteroatoms. The summed E-state index contributed by atoms with van der Waals surface area (Å²) < 4.78 is 0. The summed E-state index contributed by atoms with van der Waals surface area (Å²) in [7, 11) is 0. The molecule has 1 aliphatic heterocycles.